The van der Waals surface area contributed by atoms with E-state index in [1.54, 1.807) is 0 Å². The predicted molar refractivity (Wildman–Crippen MR) is 74.3 cm³/mol. The number of carbonyl (C=O) groups is 2. The van der Waals surface area contributed by atoms with E-state index in [0.29, 0.717) is 9.79 Å². The van der Waals surface area contributed by atoms with E-state index in [4.69, 9.17) is 10.2 Å². The average molecular weight is 306 g/mol. The molecule has 6 nitrogen and oxygen atoms in total. The van der Waals surface area contributed by atoms with Gasteiger partial charge in [-0.3, -0.25) is 0 Å². The van der Waals surface area contributed by atoms with Crippen LogP contribution >= 0.6 is 11.8 Å². The molecule has 0 saturated heterocycles. The van der Waals surface area contributed by atoms with Gasteiger partial charge >= 0.3 is 11.9 Å². The third-order valence-corrected chi connectivity index (χ3v) is 3.61. The molecule has 0 amide bonds. The van der Waals surface area contributed by atoms with Gasteiger partial charge in [-0.2, -0.15) is 0 Å². The maximum atomic E-state index is 10.8. The summed E-state index contributed by atoms with van der Waals surface area (Å²) in [5.41, 5.74) is -0.410. The molecule has 0 radical (unpaired) electrons. The number of carboxylic acid groups (broad SMARTS) is 2. The molecule has 0 spiro atoms. The molecule has 0 heterocycles. The predicted octanol–water partition coefficient (Wildman–Crippen LogP) is 2.65. The van der Waals surface area contributed by atoms with Crippen LogP contribution < -0.4 is 0 Å². The third-order valence-electron chi connectivity index (χ3n) is 2.63. The summed E-state index contributed by atoms with van der Waals surface area (Å²) in [5.74, 6) is -3.18. The topological polar surface area (TPSA) is 115 Å². The lowest BCUT2D eigenvalue weighted by atomic mass is 10.2. The maximum Gasteiger partial charge on any atom is 0.339 e. The van der Waals surface area contributed by atoms with Gasteiger partial charge < -0.3 is 20.4 Å². The Kier molecular flexibility index (Phi) is 4.04. The SMILES string of the molecule is O=C(O)c1ccc(Sc2ccc(C(=O)O)c(O)c2)cc1O. The second kappa shape index (κ2) is 5.76. The molecule has 7 heteroatoms. The zero-order valence-corrected chi connectivity index (χ0v) is 11.3. The fraction of sp³-hybridized carbons (Fsp3) is 0. The molecule has 21 heavy (non-hydrogen) atoms. The highest BCUT2D eigenvalue weighted by molar-refractivity contribution is 7.99. The molecular formula is C14H10O6S. The fourth-order valence-electron chi connectivity index (χ4n) is 1.65. The molecule has 0 aliphatic rings. The second-order valence-corrected chi connectivity index (χ2v) is 5.22. The van der Waals surface area contributed by atoms with Gasteiger partial charge in [0.2, 0.25) is 0 Å². The number of hydrogen-bond donors (Lipinski definition) is 4. The number of benzene rings is 2. The maximum absolute atomic E-state index is 10.8. The van der Waals surface area contributed by atoms with Gasteiger partial charge in [0, 0.05) is 9.79 Å². The van der Waals surface area contributed by atoms with Gasteiger partial charge in [-0.1, -0.05) is 11.8 Å². The standard InChI is InChI=1S/C14H10O6S/c15-11-5-7(1-3-9(11)13(17)18)21-8-2-4-10(14(19)20)12(16)6-8/h1-6,15-16H,(H,17,18)(H,19,20). The highest BCUT2D eigenvalue weighted by atomic mass is 32.2. The first-order valence-corrected chi connectivity index (χ1v) is 6.50. The molecule has 0 atom stereocenters. The highest BCUT2D eigenvalue weighted by Gasteiger charge is 2.12. The van der Waals surface area contributed by atoms with Crippen molar-refractivity contribution in [1.29, 1.82) is 0 Å². The molecule has 0 fully saturated rings. The summed E-state index contributed by atoms with van der Waals surface area (Å²) in [6.45, 7) is 0. The van der Waals surface area contributed by atoms with Crippen LogP contribution in [0, 0.1) is 0 Å². The largest absolute Gasteiger partial charge is 0.507 e. The quantitative estimate of drug-likeness (QED) is 0.686. The highest BCUT2D eigenvalue weighted by Crippen LogP contribution is 2.34. The lowest BCUT2D eigenvalue weighted by Crippen LogP contribution is -1.96. The Morgan fingerprint density at radius 3 is 1.43 bits per heavy atom. The summed E-state index contributed by atoms with van der Waals surface area (Å²) in [4.78, 5) is 22.7. The molecule has 108 valence electrons. The van der Waals surface area contributed by atoms with Crippen LogP contribution in [-0.4, -0.2) is 32.4 Å². The number of rotatable bonds is 4. The number of aromatic carboxylic acids is 2. The molecule has 4 N–H and O–H groups in total. The van der Waals surface area contributed by atoms with Crippen LogP contribution in [0.15, 0.2) is 46.2 Å². The Labute approximate surface area is 123 Å². The summed E-state index contributed by atoms with van der Waals surface area (Å²) in [5, 5.41) is 36.8. The van der Waals surface area contributed by atoms with Crippen molar-refractivity contribution in [2.75, 3.05) is 0 Å². The van der Waals surface area contributed by atoms with E-state index < -0.39 is 11.9 Å². The van der Waals surface area contributed by atoms with Crippen molar-refractivity contribution in [1.82, 2.24) is 0 Å². The Balaban J connectivity index is 2.26. The van der Waals surface area contributed by atoms with Gasteiger partial charge in [-0.15, -0.1) is 0 Å². The zero-order valence-electron chi connectivity index (χ0n) is 10.5. The second-order valence-electron chi connectivity index (χ2n) is 4.07. The van der Waals surface area contributed by atoms with E-state index in [1.807, 2.05) is 0 Å². The van der Waals surface area contributed by atoms with Crippen LogP contribution in [0.3, 0.4) is 0 Å². The van der Waals surface area contributed by atoms with Gasteiger partial charge in [-0.25, -0.2) is 9.59 Å². The van der Waals surface area contributed by atoms with Gasteiger partial charge in [0.25, 0.3) is 0 Å². The summed E-state index contributed by atoms with van der Waals surface area (Å²) >= 11 is 1.15. The molecule has 0 saturated carbocycles. The van der Waals surface area contributed by atoms with Crippen molar-refractivity contribution in [3.63, 3.8) is 0 Å². The monoisotopic (exact) mass is 306 g/mol. The Morgan fingerprint density at radius 1 is 0.762 bits per heavy atom. The van der Waals surface area contributed by atoms with Crippen LogP contribution in [0.4, 0.5) is 0 Å². The van der Waals surface area contributed by atoms with Crippen LogP contribution in [0.25, 0.3) is 0 Å². The van der Waals surface area contributed by atoms with Crippen LogP contribution in [0.1, 0.15) is 20.7 Å². The summed E-state index contributed by atoms with van der Waals surface area (Å²) in [7, 11) is 0. The number of hydrogen-bond acceptors (Lipinski definition) is 5. The summed E-state index contributed by atoms with van der Waals surface area (Å²) < 4.78 is 0. The van der Waals surface area contributed by atoms with Crippen molar-refractivity contribution in [2.45, 2.75) is 9.79 Å². The van der Waals surface area contributed by atoms with Gasteiger partial charge in [0.05, 0.1) is 0 Å². The molecule has 0 unspecified atom stereocenters. The molecule has 2 aromatic carbocycles. The smallest absolute Gasteiger partial charge is 0.339 e. The third kappa shape index (κ3) is 3.26. The minimum Gasteiger partial charge on any atom is -0.507 e. The fourth-order valence-corrected chi connectivity index (χ4v) is 2.53. The van der Waals surface area contributed by atoms with Crippen molar-refractivity contribution in [3.8, 4) is 11.5 Å². The number of aromatic hydroxyl groups is 2. The summed E-state index contributed by atoms with van der Waals surface area (Å²) in [6, 6.07) is 8.13. The Hall–Kier alpha value is -2.67. The van der Waals surface area contributed by atoms with Crippen molar-refractivity contribution in [3.05, 3.63) is 47.5 Å². The molecule has 0 aromatic heterocycles. The molecule has 0 aliphatic carbocycles. The number of phenols is 2. The lowest BCUT2D eigenvalue weighted by Gasteiger charge is -2.06. The molecular weight excluding hydrogens is 296 g/mol. The van der Waals surface area contributed by atoms with Crippen LogP contribution in [0.2, 0.25) is 0 Å². The Morgan fingerprint density at radius 2 is 1.14 bits per heavy atom. The van der Waals surface area contributed by atoms with E-state index in [2.05, 4.69) is 0 Å². The first-order valence-electron chi connectivity index (χ1n) is 5.69. The minimum absolute atomic E-state index is 0.205. The average Bonchev–Trinajstić information content (AvgIpc) is 2.37. The lowest BCUT2D eigenvalue weighted by molar-refractivity contribution is 0.0682. The number of carboxylic acids is 2. The minimum atomic E-state index is -1.23. The molecule has 0 aliphatic heterocycles. The van der Waals surface area contributed by atoms with Gasteiger partial charge in [-0.05, 0) is 36.4 Å². The van der Waals surface area contributed by atoms with Gasteiger partial charge in [0.15, 0.2) is 0 Å². The van der Waals surface area contributed by atoms with E-state index in [0.717, 1.165) is 11.8 Å². The zero-order chi connectivity index (χ0) is 15.6. The normalized spacial score (nSPS) is 10.3. The van der Waals surface area contributed by atoms with Crippen molar-refractivity contribution < 1.29 is 30.0 Å². The van der Waals surface area contributed by atoms with Crippen molar-refractivity contribution in [2.24, 2.45) is 0 Å². The molecule has 2 aromatic rings. The van der Waals surface area contributed by atoms with Crippen LogP contribution in [0.5, 0.6) is 11.5 Å². The van der Waals surface area contributed by atoms with E-state index in [9.17, 15) is 19.8 Å². The Bertz CT molecular complexity index is 664. The van der Waals surface area contributed by atoms with E-state index >= 15 is 0 Å². The molecule has 2 rings (SSSR count). The van der Waals surface area contributed by atoms with Gasteiger partial charge in [0.1, 0.15) is 22.6 Å². The summed E-state index contributed by atoms with van der Waals surface area (Å²) in [6.07, 6.45) is 0. The van der Waals surface area contributed by atoms with E-state index in [1.165, 1.54) is 36.4 Å². The first kappa shape index (κ1) is 14.7. The van der Waals surface area contributed by atoms with Crippen LogP contribution in [-0.2, 0) is 0 Å². The molecule has 0 bridgehead atoms. The van der Waals surface area contributed by atoms with Crippen molar-refractivity contribution >= 4 is 23.7 Å². The van der Waals surface area contributed by atoms with E-state index in [-0.39, 0.29) is 22.6 Å². The first-order chi connectivity index (χ1) is 9.88.